The van der Waals surface area contributed by atoms with E-state index in [0.717, 1.165) is 22.9 Å². The molecule has 1 aliphatic heterocycles. The van der Waals surface area contributed by atoms with Crippen molar-refractivity contribution in [3.8, 4) is 0 Å². The van der Waals surface area contributed by atoms with E-state index < -0.39 is 38.1 Å². The first kappa shape index (κ1) is 30.0. The Morgan fingerprint density at radius 2 is 1.26 bits per heavy atom. The zero-order valence-electron chi connectivity index (χ0n) is 23.6. The maximum absolute atomic E-state index is 13.1. The molecule has 6 nitrogen and oxygen atoms in total. The van der Waals surface area contributed by atoms with Gasteiger partial charge in [-0.05, 0) is 28.7 Å². The Hall–Kier alpha value is -3.43. The third-order valence-corrected chi connectivity index (χ3v) is 10.6. The Kier molecular flexibility index (Phi) is 9.48. The lowest BCUT2D eigenvalue weighted by atomic mass is 9.84. The zero-order chi connectivity index (χ0) is 29.6. The average Bonchev–Trinajstić information content (AvgIpc) is 3.48. The zero-order valence-corrected chi connectivity index (χ0v) is 25.3. The van der Waals surface area contributed by atoms with Gasteiger partial charge >= 0.3 is 5.97 Å². The van der Waals surface area contributed by atoms with Crippen molar-refractivity contribution in [2.45, 2.75) is 34.0 Å². The topological polar surface area (TPSA) is 81.7 Å². The maximum atomic E-state index is 13.1. The van der Waals surface area contributed by atoms with Crippen LogP contribution in [0.25, 0.3) is 0 Å². The summed E-state index contributed by atoms with van der Waals surface area (Å²) in [5.41, 5.74) is 2.72. The molecule has 4 aromatic carbocycles. The van der Waals surface area contributed by atoms with E-state index in [4.69, 9.17) is 9.47 Å². The quantitative estimate of drug-likeness (QED) is 0.173. The number of thioether (sulfide) groups is 1. The van der Waals surface area contributed by atoms with Crippen molar-refractivity contribution in [1.82, 2.24) is 5.32 Å². The van der Waals surface area contributed by atoms with Crippen LogP contribution in [0.1, 0.15) is 34.8 Å². The summed E-state index contributed by atoms with van der Waals surface area (Å²) in [4.78, 5) is 12.7. The van der Waals surface area contributed by atoms with Gasteiger partial charge in [0.1, 0.15) is 0 Å². The van der Waals surface area contributed by atoms with E-state index >= 15 is 0 Å². The van der Waals surface area contributed by atoms with Gasteiger partial charge in [0.05, 0.1) is 11.9 Å². The molecule has 0 amide bonds. The second-order valence-corrected chi connectivity index (χ2v) is 14.1. The number of benzene rings is 4. The number of hydrogen-bond donors (Lipinski definition) is 1. The molecule has 1 aliphatic rings. The number of hydrogen-bond acceptors (Lipinski definition) is 7. The van der Waals surface area contributed by atoms with E-state index in [-0.39, 0.29) is 5.25 Å². The lowest BCUT2D eigenvalue weighted by Gasteiger charge is -2.37. The summed E-state index contributed by atoms with van der Waals surface area (Å²) in [5, 5.41) is 3.47. The largest absolute Gasteiger partial charge is 0.467 e. The molecular weight excluding hydrogens is 567 g/mol. The van der Waals surface area contributed by atoms with E-state index in [2.05, 4.69) is 78.1 Å². The van der Waals surface area contributed by atoms with Gasteiger partial charge in [-0.15, -0.1) is 11.8 Å². The lowest BCUT2D eigenvalue weighted by Crippen LogP contribution is -2.43. The first-order chi connectivity index (χ1) is 20.3. The Morgan fingerprint density at radius 1 is 0.810 bits per heavy atom. The van der Waals surface area contributed by atoms with Crippen LogP contribution < -0.4 is 5.32 Å². The van der Waals surface area contributed by atoms with Gasteiger partial charge in [0, 0.05) is 24.1 Å². The third kappa shape index (κ3) is 6.47. The minimum atomic E-state index is -3.72. The summed E-state index contributed by atoms with van der Waals surface area (Å²) >= 11 is 1.81. The number of ether oxygens (including phenoxy) is 2. The molecule has 1 N–H and O–H groups in total. The summed E-state index contributed by atoms with van der Waals surface area (Å²) in [7, 11) is -2.45. The molecule has 0 saturated carbocycles. The van der Waals surface area contributed by atoms with Gasteiger partial charge in [-0.25, -0.2) is 13.2 Å². The Bertz CT molecular complexity index is 1450. The van der Waals surface area contributed by atoms with Crippen molar-refractivity contribution in [3.63, 3.8) is 0 Å². The Labute approximate surface area is 252 Å². The van der Waals surface area contributed by atoms with Crippen LogP contribution in [-0.4, -0.2) is 51.0 Å². The summed E-state index contributed by atoms with van der Waals surface area (Å²) in [5.74, 6) is -0.643. The highest BCUT2D eigenvalue weighted by molar-refractivity contribution is 8.01. The van der Waals surface area contributed by atoms with E-state index in [1.807, 2.05) is 36.0 Å². The van der Waals surface area contributed by atoms with Crippen LogP contribution in [0.3, 0.4) is 0 Å². The van der Waals surface area contributed by atoms with Crippen molar-refractivity contribution >= 4 is 27.6 Å². The van der Waals surface area contributed by atoms with Crippen molar-refractivity contribution < 1.29 is 22.7 Å². The number of carbonyl (C=O) groups is 1. The minimum Gasteiger partial charge on any atom is -0.467 e. The molecule has 5 rings (SSSR count). The van der Waals surface area contributed by atoms with E-state index in [9.17, 15) is 13.2 Å². The molecule has 218 valence electrons. The second kappa shape index (κ2) is 13.3. The predicted octanol–water partition coefficient (Wildman–Crippen LogP) is 5.74. The number of nitrogens with one attached hydrogen (secondary N) is 1. The van der Waals surface area contributed by atoms with Crippen LogP contribution in [0.15, 0.2) is 121 Å². The van der Waals surface area contributed by atoms with Crippen LogP contribution in [0.2, 0.25) is 0 Å². The average molecular weight is 602 g/mol. The van der Waals surface area contributed by atoms with Gasteiger partial charge in [0.2, 0.25) is 0 Å². The molecule has 1 saturated heterocycles. The van der Waals surface area contributed by atoms with E-state index in [1.54, 1.807) is 24.3 Å². The molecule has 4 aromatic rings. The molecule has 0 spiro atoms. The fourth-order valence-corrected chi connectivity index (χ4v) is 8.55. The SMILES string of the molecule is COC(=O)[C@H](OC(C1CC(SC(c2ccccc2)(c2ccccc2)c2ccccc2)CN1)S(C)(=O)=O)c1ccccc1. The summed E-state index contributed by atoms with van der Waals surface area (Å²) < 4.78 is 36.9. The van der Waals surface area contributed by atoms with Crippen LogP contribution >= 0.6 is 11.8 Å². The normalized spacial score (nSPS) is 18.7. The van der Waals surface area contributed by atoms with Crippen LogP contribution in [-0.2, 0) is 28.9 Å². The number of rotatable bonds is 11. The number of carbonyl (C=O) groups excluding carboxylic acids is 1. The van der Waals surface area contributed by atoms with Crippen molar-refractivity contribution in [2.24, 2.45) is 0 Å². The summed E-state index contributed by atoms with van der Waals surface area (Å²) in [6, 6.07) is 39.6. The third-order valence-electron chi connectivity index (χ3n) is 7.55. The molecule has 0 radical (unpaired) electrons. The molecule has 8 heteroatoms. The highest BCUT2D eigenvalue weighted by Gasteiger charge is 2.45. The molecular formula is C34H35NO5S2. The van der Waals surface area contributed by atoms with Gasteiger partial charge in [-0.3, -0.25) is 0 Å². The molecule has 0 aliphatic carbocycles. The monoisotopic (exact) mass is 601 g/mol. The smallest absolute Gasteiger partial charge is 0.339 e. The standard InChI is InChI=1S/C34H35NO5S2/c1-39-32(36)31(25-15-7-3-8-16-25)40-33(42(2,37)38)30-23-29(24-35-30)41-34(26-17-9-4-10-18-26,27-19-11-5-12-20-27)28-21-13-6-14-22-28/h3-22,29-31,33,35H,23-24H2,1-2H3/t29?,30?,31-,33?/m1/s1. The first-order valence-corrected chi connectivity index (χ1v) is 16.7. The van der Waals surface area contributed by atoms with Gasteiger partial charge < -0.3 is 14.8 Å². The molecule has 1 fully saturated rings. The summed E-state index contributed by atoms with van der Waals surface area (Å²) in [6.07, 6.45) is 0.516. The van der Waals surface area contributed by atoms with Crippen molar-refractivity contribution in [2.75, 3.05) is 19.9 Å². The Balaban J connectivity index is 1.49. The molecule has 3 unspecified atom stereocenters. The molecule has 42 heavy (non-hydrogen) atoms. The minimum absolute atomic E-state index is 0.0387. The van der Waals surface area contributed by atoms with Gasteiger partial charge in [-0.1, -0.05) is 121 Å². The van der Waals surface area contributed by atoms with E-state index in [0.29, 0.717) is 18.5 Å². The molecule has 1 heterocycles. The fraction of sp³-hybridized carbons (Fsp3) is 0.265. The van der Waals surface area contributed by atoms with Crippen LogP contribution in [0, 0.1) is 0 Å². The van der Waals surface area contributed by atoms with Gasteiger partial charge in [-0.2, -0.15) is 0 Å². The first-order valence-electron chi connectivity index (χ1n) is 13.9. The van der Waals surface area contributed by atoms with Crippen LogP contribution in [0.4, 0.5) is 0 Å². The summed E-state index contributed by atoms with van der Waals surface area (Å²) in [6.45, 7) is 0.577. The fourth-order valence-electron chi connectivity index (χ4n) is 5.64. The highest BCUT2D eigenvalue weighted by atomic mass is 32.2. The highest BCUT2D eigenvalue weighted by Crippen LogP contribution is 2.51. The molecule has 4 atom stereocenters. The van der Waals surface area contributed by atoms with Gasteiger partial charge in [0.25, 0.3) is 0 Å². The van der Waals surface area contributed by atoms with Crippen molar-refractivity contribution in [1.29, 1.82) is 0 Å². The number of sulfone groups is 1. The Morgan fingerprint density at radius 3 is 1.69 bits per heavy atom. The van der Waals surface area contributed by atoms with Crippen LogP contribution in [0.5, 0.6) is 0 Å². The second-order valence-electron chi connectivity index (χ2n) is 10.4. The maximum Gasteiger partial charge on any atom is 0.339 e. The lowest BCUT2D eigenvalue weighted by molar-refractivity contribution is -0.156. The predicted molar refractivity (Wildman–Crippen MR) is 168 cm³/mol. The molecule has 0 bridgehead atoms. The van der Waals surface area contributed by atoms with E-state index in [1.165, 1.54) is 7.11 Å². The number of esters is 1. The number of methoxy groups -OCH3 is 1. The van der Waals surface area contributed by atoms with Gasteiger partial charge in [0.15, 0.2) is 21.4 Å². The van der Waals surface area contributed by atoms with Crippen molar-refractivity contribution in [3.05, 3.63) is 144 Å². The molecule has 0 aromatic heterocycles.